The highest BCUT2D eigenvalue weighted by molar-refractivity contribution is 14.0. The number of halogens is 1. The lowest BCUT2D eigenvalue weighted by Crippen LogP contribution is -2.50. The van der Waals surface area contributed by atoms with Crippen LogP contribution >= 0.6 is 35.7 Å². The second kappa shape index (κ2) is 14.1. The Labute approximate surface area is 183 Å². The molecule has 0 unspecified atom stereocenters. The lowest BCUT2D eigenvalue weighted by molar-refractivity contribution is -0.122. The maximum Gasteiger partial charge on any atom is 0.233 e. The molecule has 0 spiro atoms. The maximum absolute atomic E-state index is 11.5. The molecule has 1 fully saturated rings. The van der Waals surface area contributed by atoms with Crippen LogP contribution in [0.2, 0.25) is 0 Å². The number of likely N-dealkylation sites (tertiary alicyclic amines) is 1. The summed E-state index contributed by atoms with van der Waals surface area (Å²) in [7, 11) is 1.68. The summed E-state index contributed by atoms with van der Waals surface area (Å²) in [6.45, 7) is 3.92. The van der Waals surface area contributed by atoms with E-state index in [-0.39, 0.29) is 29.9 Å². The summed E-state index contributed by atoms with van der Waals surface area (Å²) >= 11 is 1.80. The van der Waals surface area contributed by atoms with Crippen molar-refractivity contribution < 1.29 is 9.21 Å². The molecule has 1 aromatic heterocycles. The molecule has 0 aromatic carbocycles. The predicted molar refractivity (Wildman–Crippen MR) is 123 cm³/mol. The minimum absolute atomic E-state index is 0. The fourth-order valence-corrected chi connectivity index (χ4v) is 3.15. The Kier molecular flexibility index (Phi) is 12.6. The first-order chi connectivity index (χ1) is 12.7. The van der Waals surface area contributed by atoms with Gasteiger partial charge in [0, 0.05) is 44.9 Å². The maximum atomic E-state index is 11.5. The van der Waals surface area contributed by atoms with E-state index in [9.17, 15) is 4.79 Å². The molecule has 0 bridgehead atoms. The average molecular weight is 509 g/mol. The minimum Gasteiger partial charge on any atom is -0.469 e. The van der Waals surface area contributed by atoms with E-state index in [1.165, 1.54) is 0 Å². The van der Waals surface area contributed by atoms with E-state index < -0.39 is 0 Å². The topological polar surface area (TPSA) is 81.9 Å². The van der Waals surface area contributed by atoms with Crippen LogP contribution in [0.4, 0.5) is 0 Å². The van der Waals surface area contributed by atoms with Crippen molar-refractivity contribution in [3.63, 3.8) is 0 Å². The Balaban J connectivity index is 0.00000364. The van der Waals surface area contributed by atoms with Gasteiger partial charge in [0.15, 0.2) is 5.96 Å². The largest absolute Gasteiger partial charge is 0.469 e. The molecule has 1 aromatic rings. The van der Waals surface area contributed by atoms with E-state index in [1.807, 2.05) is 12.1 Å². The van der Waals surface area contributed by atoms with Crippen LogP contribution in [0.25, 0.3) is 0 Å². The van der Waals surface area contributed by atoms with Gasteiger partial charge in [-0.25, -0.2) is 0 Å². The highest BCUT2D eigenvalue weighted by Crippen LogP contribution is 2.10. The molecule has 7 nitrogen and oxygen atoms in total. The van der Waals surface area contributed by atoms with Crippen molar-refractivity contribution in [1.82, 2.24) is 20.9 Å². The zero-order valence-electron chi connectivity index (χ0n) is 16.2. The highest BCUT2D eigenvalue weighted by Gasteiger charge is 2.21. The Morgan fingerprint density at radius 2 is 2.19 bits per heavy atom. The van der Waals surface area contributed by atoms with Crippen LogP contribution in [0.5, 0.6) is 0 Å². The van der Waals surface area contributed by atoms with E-state index in [2.05, 4.69) is 32.1 Å². The number of rotatable bonds is 9. The van der Waals surface area contributed by atoms with E-state index in [1.54, 1.807) is 25.1 Å². The highest BCUT2D eigenvalue weighted by atomic mass is 127. The number of nitrogens with zero attached hydrogens (tertiary/aromatic N) is 2. The van der Waals surface area contributed by atoms with Crippen LogP contribution in [0.3, 0.4) is 0 Å². The van der Waals surface area contributed by atoms with Gasteiger partial charge in [0.2, 0.25) is 5.91 Å². The molecule has 0 atom stereocenters. The third-order valence-corrected chi connectivity index (χ3v) is 4.97. The second-order valence-corrected chi connectivity index (χ2v) is 7.33. The summed E-state index contributed by atoms with van der Waals surface area (Å²) in [4.78, 5) is 18.4. The number of carbonyl (C=O) groups excluding carboxylic acids is 1. The third kappa shape index (κ3) is 9.70. The van der Waals surface area contributed by atoms with Crippen molar-refractivity contribution in [2.24, 2.45) is 4.99 Å². The summed E-state index contributed by atoms with van der Waals surface area (Å²) in [5.74, 6) is 2.93. The SMILES string of the molecule is CNC(=O)CN1CCC(NC(=NCCSC)NCCc2ccco2)CC1.I. The molecule has 1 aliphatic heterocycles. The summed E-state index contributed by atoms with van der Waals surface area (Å²) < 4.78 is 5.37. The van der Waals surface area contributed by atoms with Crippen LogP contribution < -0.4 is 16.0 Å². The van der Waals surface area contributed by atoms with Crippen molar-refractivity contribution in [2.45, 2.75) is 25.3 Å². The second-order valence-electron chi connectivity index (χ2n) is 6.35. The Hall–Kier alpha value is -0.940. The monoisotopic (exact) mass is 509 g/mol. The molecule has 154 valence electrons. The molecule has 1 saturated heterocycles. The number of hydrogen-bond donors (Lipinski definition) is 3. The Morgan fingerprint density at radius 3 is 2.81 bits per heavy atom. The van der Waals surface area contributed by atoms with Gasteiger partial charge in [0.25, 0.3) is 0 Å². The number of piperidine rings is 1. The quantitative estimate of drug-likeness (QED) is 0.203. The Morgan fingerprint density at radius 1 is 1.41 bits per heavy atom. The van der Waals surface area contributed by atoms with Crippen molar-refractivity contribution in [3.05, 3.63) is 24.2 Å². The average Bonchev–Trinajstić information content (AvgIpc) is 3.16. The summed E-state index contributed by atoms with van der Waals surface area (Å²) in [6.07, 6.45) is 6.65. The standard InChI is InChI=1S/C18H31N5O2S.HI/c1-19-17(24)14-23-10-6-15(7-11-23)22-18(21-9-13-26-2)20-8-5-16-4-3-12-25-16;/h3-4,12,15H,5-11,13-14H2,1-2H3,(H,19,24)(H2,20,21,22);1H. The van der Waals surface area contributed by atoms with Crippen molar-refractivity contribution >= 4 is 47.6 Å². The summed E-state index contributed by atoms with van der Waals surface area (Å²) in [5, 5.41) is 9.65. The molecule has 0 saturated carbocycles. The number of amides is 1. The molecule has 0 aliphatic carbocycles. The number of carbonyl (C=O) groups is 1. The van der Waals surface area contributed by atoms with E-state index in [0.29, 0.717) is 12.6 Å². The molecule has 2 heterocycles. The van der Waals surface area contributed by atoms with E-state index in [4.69, 9.17) is 4.42 Å². The van der Waals surface area contributed by atoms with E-state index >= 15 is 0 Å². The minimum atomic E-state index is 0. The Bertz CT molecular complexity index is 548. The molecule has 27 heavy (non-hydrogen) atoms. The van der Waals surface area contributed by atoms with Crippen molar-refractivity contribution in [1.29, 1.82) is 0 Å². The molecule has 0 radical (unpaired) electrons. The number of guanidine groups is 1. The first kappa shape index (κ1) is 24.1. The first-order valence-electron chi connectivity index (χ1n) is 9.20. The number of nitrogens with one attached hydrogen (secondary N) is 3. The fourth-order valence-electron chi connectivity index (χ4n) is 2.87. The van der Waals surface area contributed by atoms with Gasteiger partial charge in [-0.3, -0.25) is 14.7 Å². The van der Waals surface area contributed by atoms with Gasteiger partial charge < -0.3 is 20.4 Å². The smallest absolute Gasteiger partial charge is 0.233 e. The van der Waals surface area contributed by atoms with Gasteiger partial charge in [-0.05, 0) is 31.2 Å². The zero-order chi connectivity index (χ0) is 18.6. The molecule has 9 heteroatoms. The van der Waals surface area contributed by atoms with Crippen LogP contribution in [0, 0.1) is 0 Å². The van der Waals surface area contributed by atoms with Crippen LogP contribution in [0.15, 0.2) is 27.8 Å². The summed E-state index contributed by atoms with van der Waals surface area (Å²) in [5.41, 5.74) is 0. The van der Waals surface area contributed by atoms with Crippen LogP contribution in [-0.2, 0) is 11.2 Å². The van der Waals surface area contributed by atoms with Gasteiger partial charge in [-0.1, -0.05) is 0 Å². The normalized spacial score (nSPS) is 15.9. The van der Waals surface area contributed by atoms with Gasteiger partial charge in [0.05, 0.1) is 19.4 Å². The molecule has 2 rings (SSSR count). The van der Waals surface area contributed by atoms with Crippen molar-refractivity contribution in [2.75, 3.05) is 51.8 Å². The zero-order valence-corrected chi connectivity index (χ0v) is 19.3. The lowest BCUT2D eigenvalue weighted by Gasteiger charge is -2.32. The van der Waals surface area contributed by atoms with Crippen LogP contribution in [0.1, 0.15) is 18.6 Å². The number of likely N-dealkylation sites (N-methyl/N-ethyl adjacent to an activating group) is 1. The van der Waals surface area contributed by atoms with E-state index in [0.717, 1.165) is 62.9 Å². The third-order valence-electron chi connectivity index (χ3n) is 4.38. The number of thioether (sulfide) groups is 1. The van der Waals surface area contributed by atoms with Gasteiger partial charge in [0.1, 0.15) is 5.76 Å². The lowest BCUT2D eigenvalue weighted by atomic mass is 10.1. The fraction of sp³-hybridized carbons (Fsp3) is 0.667. The molecular weight excluding hydrogens is 477 g/mol. The molecule has 1 aliphatic rings. The number of hydrogen-bond acceptors (Lipinski definition) is 5. The number of aliphatic imine (C=N–C) groups is 1. The first-order valence-corrected chi connectivity index (χ1v) is 10.6. The molecular formula is C18H32IN5O2S. The predicted octanol–water partition coefficient (Wildman–Crippen LogP) is 1.55. The number of furan rings is 1. The van der Waals surface area contributed by atoms with Crippen molar-refractivity contribution in [3.8, 4) is 0 Å². The summed E-state index contributed by atoms with van der Waals surface area (Å²) in [6, 6.07) is 4.29. The van der Waals surface area contributed by atoms with Gasteiger partial charge in [-0.2, -0.15) is 11.8 Å². The molecule has 3 N–H and O–H groups in total. The van der Waals surface area contributed by atoms with Gasteiger partial charge >= 0.3 is 0 Å². The van der Waals surface area contributed by atoms with Crippen LogP contribution in [-0.4, -0.2) is 74.6 Å². The molecule has 1 amide bonds. The van der Waals surface area contributed by atoms with Gasteiger partial charge in [-0.15, -0.1) is 24.0 Å².